The van der Waals surface area contributed by atoms with Crippen LogP contribution in [-0.4, -0.2) is 56.9 Å². The summed E-state index contributed by atoms with van der Waals surface area (Å²) in [5, 5.41) is 14.3. The molecular formula is C23H28N4O6S2. The Hall–Kier alpha value is -2.60. The summed E-state index contributed by atoms with van der Waals surface area (Å²) < 4.78 is 55.5. The fourth-order valence-corrected chi connectivity index (χ4v) is 8.65. The first kappa shape index (κ1) is 22.8. The highest BCUT2D eigenvalue weighted by molar-refractivity contribution is 7.92. The monoisotopic (exact) mass is 520 g/mol. The lowest BCUT2D eigenvalue weighted by Gasteiger charge is -2.46. The van der Waals surface area contributed by atoms with Gasteiger partial charge < -0.3 is 15.3 Å². The molecule has 3 saturated carbocycles. The first-order valence-electron chi connectivity index (χ1n) is 12.0. The average molecular weight is 521 g/mol. The summed E-state index contributed by atoms with van der Waals surface area (Å²) >= 11 is 0. The quantitative estimate of drug-likeness (QED) is 0.553. The van der Waals surface area contributed by atoms with Gasteiger partial charge in [-0.2, -0.15) is 8.42 Å². The Kier molecular flexibility index (Phi) is 5.02. The molecular weight excluding hydrogens is 492 g/mol. The van der Waals surface area contributed by atoms with Crippen LogP contribution in [0.2, 0.25) is 0 Å². The number of nitrogens with zero attached hydrogens (tertiary/aromatic N) is 2. The first-order chi connectivity index (χ1) is 16.5. The molecule has 3 N–H and O–H groups in total. The highest BCUT2D eigenvalue weighted by atomic mass is 32.2. The Morgan fingerprint density at radius 1 is 1.14 bits per heavy atom. The predicted molar refractivity (Wildman–Crippen MR) is 130 cm³/mol. The van der Waals surface area contributed by atoms with Crippen molar-refractivity contribution in [2.45, 2.75) is 61.9 Å². The second-order valence-electron chi connectivity index (χ2n) is 10.4. The molecule has 0 radical (unpaired) electrons. The number of carbonyl (C=O) groups is 1. The number of fused-ring (bicyclic) bond motifs is 6. The lowest BCUT2D eigenvalue weighted by molar-refractivity contribution is -0.136. The summed E-state index contributed by atoms with van der Waals surface area (Å²) in [5.74, 6) is -0.144. The highest BCUT2D eigenvalue weighted by Crippen LogP contribution is 2.56. The van der Waals surface area contributed by atoms with Crippen LogP contribution in [0.5, 0.6) is 0 Å². The van der Waals surface area contributed by atoms with Crippen molar-refractivity contribution in [1.29, 1.82) is 0 Å². The van der Waals surface area contributed by atoms with Crippen molar-refractivity contribution in [2.24, 2.45) is 22.2 Å². The minimum Gasteiger partial charge on any atom is -0.511 e. The predicted octanol–water partition coefficient (Wildman–Crippen LogP) is 2.58. The smallest absolute Gasteiger partial charge is 0.286 e. The van der Waals surface area contributed by atoms with Gasteiger partial charge >= 0.3 is 0 Å². The molecule has 12 heteroatoms. The number of hydrogen-bond acceptors (Lipinski definition) is 7. The summed E-state index contributed by atoms with van der Waals surface area (Å²) in [6.07, 6.45) is 7.92. The molecule has 0 saturated heterocycles. The van der Waals surface area contributed by atoms with Gasteiger partial charge in [-0.15, -0.1) is 4.40 Å². The molecule has 1 amide bonds. The maximum Gasteiger partial charge on any atom is 0.286 e. The van der Waals surface area contributed by atoms with E-state index in [2.05, 4.69) is 14.4 Å². The second kappa shape index (κ2) is 7.70. The Morgan fingerprint density at radius 2 is 1.86 bits per heavy atom. The van der Waals surface area contributed by atoms with Crippen LogP contribution in [0.4, 0.5) is 11.4 Å². The number of sulfonamides is 2. The minimum atomic E-state index is -4.26. The molecule has 2 heterocycles. The van der Waals surface area contributed by atoms with Gasteiger partial charge in [-0.25, -0.2) is 8.42 Å². The van der Waals surface area contributed by atoms with Gasteiger partial charge in [0.05, 0.1) is 11.9 Å². The fourth-order valence-electron chi connectivity index (χ4n) is 6.95. The van der Waals surface area contributed by atoms with E-state index in [4.69, 9.17) is 0 Å². The molecule has 188 valence electrons. The molecule has 6 rings (SSSR count). The van der Waals surface area contributed by atoms with E-state index in [1.807, 2.05) is 4.90 Å². The SMILES string of the molecule is CS(=O)(=O)Nc1ccc2c(c1)S(=O)(=O)N=C(C1=C(O)[C@@H]3[C@H]4CC[C@H](C4)[C@@H]3N(C3CCCC3)C1=O)N2. The molecule has 3 fully saturated rings. The van der Waals surface area contributed by atoms with Crippen LogP contribution in [0, 0.1) is 17.8 Å². The van der Waals surface area contributed by atoms with E-state index in [9.17, 15) is 26.7 Å². The van der Waals surface area contributed by atoms with Crippen LogP contribution in [0.15, 0.2) is 38.8 Å². The number of hydrogen-bond donors (Lipinski definition) is 3. The molecule has 10 nitrogen and oxygen atoms in total. The summed E-state index contributed by atoms with van der Waals surface area (Å²) in [5.41, 5.74) is 0.200. The fraction of sp³-hybridized carbons (Fsp3) is 0.565. The number of nitrogens with one attached hydrogen (secondary N) is 2. The molecule has 4 atom stereocenters. The van der Waals surface area contributed by atoms with Gasteiger partial charge in [-0.1, -0.05) is 12.8 Å². The van der Waals surface area contributed by atoms with Gasteiger partial charge in [0, 0.05) is 23.7 Å². The Bertz CT molecular complexity index is 1390. The van der Waals surface area contributed by atoms with Gasteiger partial charge in [-0.05, 0) is 62.1 Å². The molecule has 3 aliphatic carbocycles. The van der Waals surface area contributed by atoms with Crippen molar-refractivity contribution in [2.75, 3.05) is 16.3 Å². The third kappa shape index (κ3) is 3.64. The number of aliphatic hydroxyl groups excluding tert-OH is 1. The summed E-state index contributed by atoms with van der Waals surface area (Å²) in [6, 6.07) is 4.10. The molecule has 1 aromatic carbocycles. The topological polar surface area (TPSA) is 145 Å². The molecule has 2 aliphatic heterocycles. The zero-order chi connectivity index (χ0) is 24.7. The minimum absolute atomic E-state index is 0.0363. The maximum absolute atomic E-state index is 13.9. The van der Waals surface area contributed by atoms with Crippen molar-refractivity contribution in [3.63, 3.8) is 0 Å². The molecule has 0 unspecified atom stereocenters. The van der Waals surface area contributed by atoms with E-state index >= 15 is 0 Å². The maximum atomic E-state index is 13.9. The van der Waals surface area contributed by atoms with Crippen molar-refractivity contribution in [3.8, 4) is 0 Å². The van der Waals surface area contributed by atoms with Crippen LogP contribution in [0.3, 0.4) is 0 Å². The molecule has 1 aromatic rings. The van der Waals surface area contributed by atoms with Crippen LogP contribution >= 0.6 is 0 Å². The number of anilines is 2. The van der Waals surface area contributed by atoms with Crippen LogP contribution in [-0.2, 0) is 24.8 Å². The van der Waals surface area contributed by atoms with Gasteiger partial charge in [0.25, 0.3) is 15.9 Å². The average Bonchev–Trinajstić information content (AvgIpc) is 3.51. The number of benzene rings is 1. The van der Waals surface area contributed by atoms with E-state index in [0.29, 0.717) is 5.92 Å². The van der Waals surface area contributed by atoms with Crippen molar-refractivity contribution >= 4 is 43.2 Å². The lowest BCUT2D eigenvalue weighted by atomic mass is 9.77. The Balaban J connectivity index is 1.43. The lowest BCUT2D eigenvalue weighted by Crippen LogP contribution is -2.57. The van der Waals surface area contributed by atoms with Gasteiger partial charge in [-0.3, -0.25) is 9.52 Å². The van der Waals surface area contributed by atoms with Crippen LogP contribution in [0.1, 0.15) is 44.9 Å². The molecule has 35 heavy (non-hydrogen) atoms. The number of aliphatic hydroxyl groups is 1. The largest absolute Gasteiger partial charge is 0.511 e. The Labute approximate surface area is 204 Å². The van der Waals surface area contributed by atoms with Crippen molar-refractivity contribution in [1.82, 2.24) is 4.90 Å². The van der Waals surface area contributed by atoms with Gasteiger partial charge in [0.1, 0.15) is 16.2 Å². The van der Waals surface area contributed by atoms with E-state index in [1.54, 1.807) is 0 Å². The summed E-state index contributed by atoms with van der Waals surface area (Å²) in [4.78, 5) is 15.6. The molecule has 0 aromatic heterocycles. The third-order valence-electron chi connectivity index (χ3n) is 8.20. The first-order valence-corrected chi connectivity index (χ1v) is 15.4. The third-order valence-corrected chi connectivity index (χ3v) is 10.1. The summed E-state index contributed by atoms with van der Waals surface area (Å²) in [7, 11) is -7.86. The van der Waals surface area contributed by atoms with E-state index < -0.39 is 20.0 Å². The second-order valence-corrected chi connectivity index (χ2v) is 13.7. The number of carbonyl (C=O) groups excluding carboxylic acids is 1. The number of rotatable bonds is 4. The van der Waals surface area contributed by atoms with Crippen LogP contribution < -0.4 is 10.0 Å². The highest BCUT2D eigenvalue weighted by Gasteiger charge is 2.58. The molecule has 2 bridgehead atoms. The summed E-state index contributed by atoms with van der Waals surface area (Å²) in [6.45, 7) is 0. The standard InChI is InChI=1S/C23H28N4O6S2/c1-34(30,31)25-14-8-9-16-17(11-14)35(32,33)26-22(24-16)19-21(28)18-12-6-7-13(10-12)20(18)27(23(19)29)15-4-2-3-5-15/h8-9,11-13,15,18,20,25,28H,2-7,10H2,1H3,(H,24,26)/t12-,13+,18+,20-/m0/s1. The van der Waals surface area contributed by atoms with E-state index in [-0.39, 0.29) is 63.3 Å². The number of amidine groups is 1. The van der Waals surface area contributed by atoms with E-state index in [0.717, 1.165) is 51.2 Å². The van der Waals surface area contributed by atoms with Crippen molar-refractivity contribution in [3.05, 3.63) is 29.5 Å². The zero-order valence-electron chi connectivity index (χ0n) is 19.3. The van der Waals surface area contributed by atoms with E-state index in [1.165, 1.54) is 18.2 Å². The Morgan fingerprint density at radius 3 is 2.57 bits per heavy atom. The van der Waals surface area contributed by atoms with Crippen LogP contribution in [0.25, 0.3) is 0 Å². The molecule has 0 spiro atoms. The van der Waals surface area contributed by atoms with Gasteiger partial charge in [0.15, 0.2) is 5.84 Å². The van der Waals surface area contributed by atoms with Crippen molar-refractivity contribution < 1.29 is 26.7 Å². The normalized spacial score (nSPS) is 31.7. The molecule has 5 aliphatic rings. The number of amides is 1. The van der Waals surface area contributed by atoms with Gasteiger partial charge in [0.2, 0.25) is 10.0 Å². The zero-order valence-corrected chi connectivity index (χ0v) is 20.9.